The molecule has 0 saturated carbocycles. The lowest BCUT2D eigenvalue weighted by atomic mass is 10.4. The fourth-order valence-corrected chi connectivity index (χ4v) is 0.842. The summed E-state index contributed by atoms with van der Waals surface area (Å²) in [6.45, 7) is 0.478. The third-order valence-electron chi connectivity index (χ3n) is 2.24. The summed E-state index contributed by atoms with van der Waals surface area (Å²) in [6.07, 6.45) is -1.88. The zero-order valence-corrected chi connectivity index (χ0v) is 12.5. The van der Waals surface area contributed by atoms with Gasteiger partial charge in [0.1, 0.15) is 0 Å². The Kier molecular flexibility index (Phi) is 10.0. The van der Waals surface area contributed by atoms with Gasteiger partial charge in [-0.15, -0.1) is 0 Å². The number of hydrogen-bond donors (Lipinski definition) is 2. The molecule has 0 radical (unpaired) electrons. The molecular formula is C12H20O10. The molecule has 2 saturated heterocycles. The lowest BCUT2D eigenvalue weighted by molar-refractivity contribution is -0.152. The topological polar surface area (TPSA) is 144 Å². The standard InChI is InChI=1S/C4H8O4.2C4H6O3/c1-8-4(7)3(6)2-5;2*1-6-4(5)3-2-7-3/h3,5-6H,2H2,1H3;2*3H,2H2,1H3/t2*3-;/m10./s1. The smallest absolute Gasteiger partial charge is 0.337 e. The summed E-state index contributed by atoms with van der Waals surface area (Å²) in [5.41, 5.74) is 0. The molecule has 128 valence electrons. The van der Waals surface area contributed by atoms with Crippen LogP contribution in [0.5, 0.6) is 0 Å². The first kappa shape index (κ1) is 20.2. The average molecular weight is 324 g/mol. The molecule has 0 spiro atoms. The normalized spacial score (nSPS) is 21.7. The summed E-state index contributed by atoms with van der Waals surface area (Å²) in [5.74, 6) is -1.34. The monoisotopic (exact) mass is 324 g/mol. The van der Waals surface area contributed by atoms with Crippen LogP contribution >= 0.6 is 0 Å². The molecule has 10 nitrogen and oxygen atoms in total. The molecule has 0 aromatic rings. The third-order valence-corrected chi connectivity index (χ3v) is 2.24. The van der Waals surface area contributed by atoms with Gasteiger partial charge in [-0.1, -0.05) is 0 Å². The Balaban J connectivity index is 0.000000301. The van der Waals surface area contributed by atoms with E-state index in [0.29, 0.717) is 13.2 Å². The second-order valence-electron chi connectivity index (χ2n) is 3.91. The third kappa shape index (κ3) is 9.23. The van der Waals surface area contributed by atoms with Gasteiger partial charge in [-0.3, -0.25) is 0 Å². The molecule has 0 aromatic heterocycles. The number of ether oxygens (including phenoxy) is 5. The summed E-state index contributed by atoms with van der Waals surface area (Å²) in [4.78, 5) is 30.6. The first-order valence-electron chi connectivity index (χ1n) is 6.16. The van der Waals surface area contributed by atoms with E-state index in [1.807, 2.05) is 0 Å². The van der Waals surface area contributed by atoms with Gasteiger partial charge < -0.3 is 33.9 Å². The van der Waals surface area contributed by atoms with Crippen molar-refractivity contribution in [3.8, 4) is 0 Å². The lowest BCUT2D eigenvalue weighted by Gasteiger charge is -2.01. The molecule has 2 heterocycles. The molecule has 22 heavy (non-hydrogen) atoms. The molecule has 2 fully saturated rings. The van der Waals surface area contributed by atoms with Gasteiger partial charge in [-0.25, -0.2) is 14.4 Å². The second-order valence-corrected chi connectivity index (χ2v) is 3.91. The minimum Gasteiger partial charge on any atom is -0.467 e. The number of aliphatic hydroxyl groups is 2. The van der Waals surface area contributed by atoms with Crippen LogP contribution in [0.3, 0.4) is 0 Å². The first-order valence-corrected chi connectivity index (χ1v) is 6.16. The van der Waals surface area contributed by atoms with E-state index in [1.54, 1.807) is 0 Å². The van der Waals surface area contributed by atoms with Gasteiger partial charge >= 0.3 is 17.9 Å². The van der Waals surface area contributed by atoms with Crippen molar-refractivity contribution in [2.45, 2.75) is 18.3 Å². The number of esters is 3. The van der Waals surface area contributed by atoms with E-state index in [4.69, 9.17) is 10.2 Å². The lowest BCUT2D eigenvalue weighted by Crippen LogP contribution is -2.25. The Labute approximate surface area is 126 Å². The SMILES string of the molecule is COC(=O)C1CO1.COC(=O)[C@@H]1CO1.COC(=O)[C@H](O)CO. The summed E-state index contributed by atoms with van der Waals surface area (Å²) in [7, 11) is 3.84. The number of methoxy groups -OCH3 is 3. The molecule has 0 aliphatic carbocycles. The van der Waals surface area contributed by atoms with Crippen LogP contribution in [-0.4, -0.2) is 87.6 Å². The minimum atomic E-state index is -1.39. The molecule has 2 aliphatic heterocycles. The number of aliphatic hydroxyl groups excluding tert-OH is 2. The van der Waals surface area contributed by atoms with E-state index >= 15 is 0 Å². The van der Waals surface area contributed by atoms with E-state index in [-0.39, 0.29) is 24.1 Å². The van der Waals surface area contributed by atoms with Crippen LogP contribution in [-0.2, 0) is 38.1 Å². The quantitative estimate of drug-likeness (QED) is 0.327. The van der Waals surface area contributed by atoms with E-state index in [0.717, 1.165) is 7.11 Å². The maximum absolute atomic E-state index is 10.2. The average Bonchev–Trinajstić information content (AvgIpc) is 3.44. The van der Waals surface area contributed by atoms with Crippen molar-refractivity contribution >= 4 is 17.9 Å². The van der Waals surface area contributed by atoms with Crippen LogP contribution in [0.25, 0.3) is 0 Å². The number of carbonyl (C=O) groups is 3. The molecule has 2 aliphatic rings. The molecular weight excluding hydrogens is 304 g/mol. The molecule has 0 aromatic carbocycles. The number of epoxide rings is 2. The largest absolute Gasteiger partial charge is 0.467 e. The van der Waals surface area contributed by atoms with Gasteiger partial charge in [0.2, 0.25) is 0 Å². The van der Waals surface area contributed by atoms with Crippen LogP contribution < -0.4 is 0 Å². The number of rotatable bonds is 4. The summed E-state index contributed by atoms with van der Waals surface area (Å²) >= 11 is 0. The van der Waals surface area contributed by atoms with Crippen molar-refractivity contribution in [1.82, 2.24) is 0 Å². The number of hydrogen-bond acceptors (Lipinski definition) is 10. The molecule has 2 N–H and O–H groups in total. The predicted molar refractivity (Wildman–Crippen MR) is 68.6 cm³/mol. The van der Waals surface area contributed by atoms with Crippen molar-refractivity contribution in [2.75, 3.05) is 41.2 Å². The van der Waals surface area contributed by atoms with Gasteiger partial charge in [0.05, 0.1) is 41.2 Å². The van der Waals surface area contributed by atoms with Crippen molar-refractivity contribution in [3.05, 3.63) is 0 Å². The molecule has 2 rings (SSSR count). The van der Waals surface area contributed by atoms with Crippen LogP contribution in [0.15, 0.2) is 0 Å². The molecule has 0 amide bonds. The maximum atomic E-state index is 10.2. The Morgan fingerprint density at radius 3 is 1.45 bits per heavy atom. The summed E-state index contributed by atoms with van der Waals surface area (Å²) in [6, 6.07) is 0. The molecule has 10 heteroatoms. The Morgan fingerprint density at radius 1 is 1.00 bits per heavy atom. The summed E-state index contributed by atoms with van der Waals surface area (Å²) < 4.78 is 21.8. The van der Waals surface area contributed by atoms with Crippen molar-refractivity contribution in [3.63, 3.8) is 0 Å². The van der Waals surface area contributed by atoms with E-state index in [2.05, 4.69) is 23.7 Å². The van der Waals surface area contributed by atoms with Gasteiger partial charge in [-0.2, -0.15) is 0 Å². The fourth-order valence-electron chi connectivity index (χ4n) is 0.842. The predicted octanol–water partition coefficient (Wildman–Crippen LogP) is -2.37. The molecule has 1 unspecified atom stereocenters. The first-order chi connectivity index (χ1) is 10.4. The summed E-state index contributed by atoms with van der Waals surface area (Å²) in [5, 5.41) is 16.5. The second kappa shape index (κ2) is 10.9. The Hall–Kier alpha value is -1.75. The Bertz CT molecular complexity index is 337. The van der Waals surface area contributed by atoms with Gasteiger partial charge in [0.15, 0.2) is 18.3 Å². The highest BCUT2D eigenvalue weighted by Crippen LogP contribution is 2.09. The zero-order valence-electron chi connectivity index (χ0n) is 12.5. The maximum Gasteiger partial charge on any atom is 0.337 e. The van der Waals surface area contributed by atoms with Crippen LogP contribution in [0.4, 0.5) is 0 Å². The van der Waals surface area contributed by atoms with Crippen molar-refractivity contribution in [1.29, 1.82) is 0 Å². The van der Waals surface area contributed by atoms with Crippen LogP contribution in [0, 0.1) is 0 Å². The van der Waals surface area contributed by atoms with Crippen LogP contribution in [0.2, 0.25) is 0 Å². The van der Waals surface area contributed by atoms with E-state index in [9.17, 15) is 14.4 Å². The molecule has 3 atom stereocenters. The Morgan fingerprint density at radius 2 is 1.36 bits per heavy atom. The molecule has 0 bridgehead atoms. The van der Waals surface area contributed by atoms with Crippen molar-refractivity contribution < 1.29 is 48.3 Å². The van der Waals surface area contributed by atoms with Crippen molar-refractivity contribution in [2.24, 2.45) is 0 Å². The highest BCUT2D eigenvalue weighted by molar-refractivity contribution is 5.77. The number of carbonyl (C=O) groups excluding carboxylic acids is 3. The van der Waals surface area contributed by atoms with Crippen LogP contribution in [0.1, 0.15) is 0 Å². The van der Waals surface area contributed by atoms with Gasteiger partial charge in [0, 0.05) is 0 Å². The minimum absolute atomic E-state index is 0.245. The van der Waals surface area contributed by atoms with Gasteiger partial charge in [0.25, 0.3) is 0 Å². The van der Waals surface area contributed by atoms with Gasteiger partial charge in [-0.05, 0) is 0 Å². The van der Waals surface area contributed by atoms with E-state index < -0.39 is 18.7 Å². The fraction of sp³-hybridized carbons (Fsp3) is 0.750. The highest BCUT2D eigenvalue weighted by Gasteiger charge is 2.32. The van der Waals surface area contributed by atoms with E-state index in [1.165, 1.54) is 14.2 Å². The zero-order chi connectivity index (χ0) is 17.1. The highest BCUT2D eigenvalue weighted by atomic mass is 16.6.